The molecule has 0 aliphatic rings. The molecule has 23 rings (SSSR count). The van der Waals surface area contributed by atoms with Crippen molar-refractivity contribution in [2.45, 2.75) is 69.2 Å². The molecule has 6 heteroatoms. The maximum absolute atomic E-state index is 5.10. The van der Waals surface area contributed by atoms with Crippen LogP contribution in [0.1, 0.15) is 55.6 Å². The Labute approximate surface area is 870 Å². The van der Waals surface area contributed by atoms with E-state index in [-0.39, 0.29) is 0 Å². The van der Waals surface area contributed by atoms with Gasteiger partial charge in [-0.25, -0.2) is 29.9 Å². The van der Waals surface area contributed by atoms with E-state index in [2.05, 4.69) is 445 Å². The monoisotopic (exact) mass is 1900 g/mol. The van der Waals surface area contributed by atoms with Gasteiger partial charge in [0, 0.05) is 33.4 Å². The lowest BCUT2D eigenvalue weighted by Crippen LogP contribution is -2.00. The van der Waals surface area contributed by atoms with E-state index in [1.165, 1.54) is 167 Å². The number of hydrogen-bond donors (Lipinski definition) is 0. The fourth-order valence-electron chi connectivity index (χ4n) is 19.9. The smallest absolute Gasteiger partial charge is 0.164 e. The molecular weight excluding hydrogens is 1790 g/mol. The van der Waals surface area contributed by atoms with Crippen LogP contribution in [0.15, 0.2) is 497 Å². The minimum absolute atomic E-state index is 0.631. The maximum Gasteiger partial charge on any atom is 0.164 e. The second-order valence-corrected chi connectivity index (χ2v) is 39.1. The van der Waals surface area contributed by atoms with Crippen molar-refractivity contribution in [2.75, 3.05) is 0 Å². The summed E-state index contributed by atoms with van der Waals surface area (Å²) in [5.41, 5.74) is 51.4. The summed E-state index contributed by atoms with van der Waals surface area (Å²) in [5, 5.41) is 0. The van der Waals surface area contributed by atoms with E-state index in [1.807, 2.05) is 121 Å². The van der Waals surface area contributed by atoms with Gasteiger partial charge in [-0.05, 0) is 334 Å². The topological polar surface area (TPSA) is 77.3 Å². The average molecular weight is 1900 g/mol. The summed E-state index contributed by atoms with van der Waals surface area (Å²) < 4.78 is 0. The van der Waals surface area contributed by atoms with E-state index < -0.39 is 0 Å². The van der Waals surface area contributed by atoms with Gasteiger partial charge in [0.15, 0.2) is 34.9 Å². The molecule has 0 unspecified atom stereocenters. The summed E-state index contributed by atoms with van der Waals surface area (Å²) in [6, 6.07) is 178. The molecule has 2 aromatic heterocycles. The third kappa shape index (κ3) is 22.8. The fourth-order valence-corrected chi connectivity index (χ4v) is 19.9. The van der Waals surface area contributed by atoms with Crippen LogP contribution in [0.25, 0.3) is 224 Å². The molecule has 0 aliphatic carbocycles. The zero-order valence-corrected chi connectivity index (χ0v) is 85.0. The molecule has 0 bridgehead atoms. The highest BCUT2D eigenvalue weighted by Gasteiger charge is 2.22. The molecule has 0 aliphatic heterocycles. The van der Waals surface area contributed by atoms with Gasteiger partial charge >= 0.3 is 0 Å². The van der Waals surface area contributed by atoms with Gasteiger partial charge in [-0.1, -0.05) is 444 Å². The molecule has 0 fully saturated rings. The Kier molecular flexibility index (Phi) is 28.1. The zero-order chi connectivity index (χ0) is 101. The summed E-state index contributed by atoms with van der Waals surface area (Å²) in [7, 11) is 0. The van der Waals surface area contributed by atoms with Crippen molar-refractivity contribution in [2.24, 2.45) is 0 Å². The van der Waals surface area contributed by atoms with Gasteiger partial charge in [-0.15, -0.1) is 0 Å². The van der Waals surface area contributed by atoms with Crippen molar-refractivity contribution < 1.29 is 0 Å². The van der Waals surface area contributed by atoms with Crippen LogP contribution < -0.4 is 0 Å². The first-order valence-electron chi connectivity index (χ1n) is 50.8. The molecule has 148 heavy (non-hydrogen) atoms. The second-order valence-electron chi connectivity index (χ2n) is 39.1. The molecular formula is C142H112N6. The highest BCUT2D eigenvalue weighted by atomic mass is 15.0. The molecule has 0 saturated heterocycles. The van der Waals surface area contributed by atoms with Crippen LogP contribution in [0.4, 0.5) is 0 Å². The van der Waals surface area contributed by atoms with Crippen LogP contribution in [0, 0.1) is 69.2 Å². The Morgan fingerprint density at radius 3 is 0.419 bits per heavy atom. The summed E-state index contributed by atoms with van der Waals surface area (Å²) in [6.07, 6.45) is 0. The first-order chi connectivity index (χ1) is 72.3. The van der Waals surface area contributed by atoms with Crippen LogP contribution in [-0.2, 0) is 0 Å². The number of nitrogens with zero attached hydrogens (tertiary/aromatic N) is 6. The molecule has 21 aromatic carbocycles. The predicted octanol–water partition coefficient (Wildman–Crippen LogP) is 37.9. The Balaban J connectivity index is 0.000000130. The average Bonchev–Trinajstić information content (AvgIpc) is 0.773. The minimum Gasteiger partial charge on any atom is -0.208 e. The lowest BCUT2D eigenvalue weighted by molar-refractivity contribution is 1.07. The number of aryl methyl sites for hydroxylation is 10. The Morgan fingerprint density at radius 2 is 0.203 bits per heavy atom. The zero-order valence-electron chi connectivity index (χ0n) is 85.0. The number of benzene rings is 21. The van der Waals surface area contributed by atoms with E-state index in [0.29, 0.717) is 34.9 Å². The molecule has 0 amide bonds. The van der Waals surface area contributed by atoms with E-state index >= 15 is 0 Å². The van der Waals surface area contributed by atoms with Crippen LogP contribution in [-0.4, -0.2) is 29.9 Å². The van der Waals surface area contributed by atoms with Gasteiger partial charge in [0.05, 0.1) is 0 Å². The molecule has 0 atom stereocenters. The minimum atomic E-state index is 0.631. The van der Waals surface area contributed by atoms with E-state index in [9.17, 15) is 0 Å². The van der Waals surface area contributed by atoms with Crippen molar-refractivity contribution >= 4 is 0 Å². The van der Waals surface area contributed by atoms with E-state index in [0.717, 1.165) is 77.9 Å². The largest absolute Gasteiger partial charge is 0.208 e. The van der Waals surface area contributed by atoms with Crippen LogP contribution in [0.5, 0.6) is 0 Å². The van der Waals surface area contributed by atoms with Gasteiger partial charge in [0.25, 0.3) is 0 Å². The molecule has 0 saturated carbocycles. The molecule has 0 N–H and O–H groups in total. The van der Waals surface area contributed by atoms with E-state index in [4.69, 9.17) is 29.9 Å². The summed E-state index contributed by atoms with van der Waals surface area (Å²) in [6.45, 7) is 21.6. The highest BCUT2D eigenvalue weighted by molar-refractivity contribution is 5.91. The molecule has 6 nitrogen and oxygen atoms in total. The number of rotatable bonds is 20. The first-order valence-corrected chi connectivity index (χ1v) is 50.8. The Bertz CT molecular complexity index is 8210. The standard InChI is InChI=1S/2C48H37N3.C46H38/c2*1-32-20-22-35(23-21-32)38-16-10-18-40(27-38)43-29-44(41-19-11-17-39(28-41)42-25-33(2)24-34(3)26-42)31-45(30-43)48-50-46(36-12-6-4-7-13-36)49-47(51-48)37-14-8-5-9-15-37;1-31-15-17-37(18-16-31)43-25-41(35-11-7-5-8-12-35)27-45(29-43)39-22-34(4)23-40(24-39)46-28-42(36-13-9-6-10-14-36)26-44(30-46)38-20-32(2)19-33(3)21-38/h2*4-31H,1-3H3;5-30H,1-4H3. The fraction of sp³-hybridized carbons (Fsp3) is 0.0704. The van der Waals surface area contributed by atoms with Crippen molar-refractivity contribution in [1.29, 1.82) is 0 Å². The second kappa shape index (κ2) is 43.4. The van der Waals surface area contributed by atoms with Crippen LogP contribution in [0.2, 0.25) is 0 Å². The molecule has 710 valence electrons. The third-order valence-electron chi connectivity index (χ3n) is 27.2. The number of hydrogen-bond acceptors (Lipinski definition) is 6. The van der Waals surface area contributed by atoms with Crippen molar-refractivity contribution in [3.8, 4) is 224 Å². The third-order valence-corrected chi connectivity index (χ3v) is 27.2. The quantitative estimate of drug-likeness (QED) is 0.0757. The van der Waals surface area contributed by atoms with Gasteiger partial charge in [-0.3, -0.25) is 0 Å². The lowest BCUT2D eigenvalue weighted by atomic mass is 9.89. The highest BCUT2D eigenvalue weighted by Crippen LogP contribution is 2.44. The van der Waals surface area contributed by atoms with Crippen molar-refractivity contribution in [3.05, 3.63) is 553 Å². The Hall–Kier alpha value is -18.4. The van der Waals surface area contributed by atoms with Gasteiger partial charge in [-0.2, -0.15) is 0 Å². The molecule has 23 aromatic rings. The van der Waals surface area contributed by atoms with Crippen molar-refractivity contribution in [3.63, 3.8) is 0 Å². The maximum atomic E-state index is 5.10. The normalized spacial score (nSPS) is 11.0. The molecule has 0 radical (unpaired) electrons. The molecule has 2 heterocycles. The summed E-state index contributed by atoms with van der Waals surface area (Å²) in [4.78, 5) is 30.3. The lowest BCUT2D eigenvalue weighted by Gasteiger charge is -2.15. The first kappa shape index (κ1) is 95.8. The van der Waals surface area contributed by atoms with Gasteiger partial charge < -0.3 is 0 Å². The summed E-state index contributed by atoms with van der Waals surface area (Å²) >= 11 is 0. The van der Waals surface area contributed by atoms with E-state index in [1.54, 1.807) is 0 Å². The van der Waals surface area contributed by atoms with Crippen LogP contribution >= 0.6 is 0 Å². The SMILES string of the molecule is Cc1ccc(-c2cc(-c3ccccc3)cc(-c3cc(C)cc(-c4cc(-c5ccccc5)cc(-c5cc(C)cc(C)c5)c4)c3)c2)cc1.Cc1ccc(-c2cccc(-c3cc(-c4cccc(-c5cc(C)cc(C)c5)c4)cc(-c4nc(-c5ccccc5)nc(-c5ccccc5)n4)c3)c2)cc1.Cc1ccc(-c2cccc(-c3cc(-c4cccc(-c5cc(C)cc(C)c5)c4)cc(-c4nc(-c5ccccc5)nc(-c5ccccc5)n4)c3)c2)cc1. The van der Waals surface area contributed by atoms with Gasteiger partial charge in [0.2, 0.25) is 0 Å². The van der Waals surface area contributed by atoms with Gasteiger partial charge in [0.1, 0.15) is 0 Å². The number of aromatic nitrogens is 6. The summed E-state index contributed by atoms with van der Waals surface area (Å²) in [5.74, 6) is 3.83. The predicted molar refractivity (Wildman–Crippen MR) is 622 cm³/mol. The van der Waals surface area contributed by atoms with Crippen LogP contribution in [0.3, 0.4) is 0 Å². The van der Waals surface area contributed by atoms with Crippen molar-refractivity contribution in [1.82, 2.24) is 29.9 Å². The Morgan fingerprint density at radius 1 is 0.0811 bits per heavy atom. The molecule has 0 spiro atoms.